The van der Waals surface area contributed by atoms with Crippen molar-refractivity contribution >= 4 is 5.91 Å². The Hall–Kier alpha value is -3.36. The number of hydrogen-bond acceptors (Lipinski definition) is 3. The van der Waals surface area contributed by atoms with E-state index in [9.17, 15) is 4.79 Å². The first-order valence-electron chi connectivity index (χ1n) is 9.86. The summed E-state index contributed by atoms with van der Waals surface area (Å²) in [6, 6.07) is 21.7. The third kappa shape index (κ3) is 4.08. The van der Waals surface area contributed by atoms with Gasteiger partial charge in [0.1, 0.15) is 0 Å². The van der Waals surface area contributed by atoms with Crippen LogP contribution in [0.3, 0.4) is 0 Å². The number of carbonyl (C=O) groups excluding carboxylic acids is 1. The average molecular weight is 384 g/mol. The molecule has 0 aliphatic carbocycles. The van der Waals surface area contributed by atoms with Crippen molar-refractivity contribution in [2.45, 2.75) is 19.0 Å². The highest BCUT2D eigenvalue weighted by atomic mass is 16.1. The third-order valence-electron chi connectivity index (χ3n) is 5.66. The van der Waals surface area contributed by atoms with Crippen LogP contribution >= 0.6 is 0 Å². The molecule has 0 saturated carbocycles. The topological polar surface area (TPSA) is 61.1 Å². The van der Waals surface area contributed by atoms with Crippen LogP contribution in [0.25, 0.3) is 0 Å². The fraction of sp³-hybridized carbons (Fsp3) is 0.250. The van der Waals surface area contributed by atoms with Gasteiger partial charge in [-0.3, -0.25) is 9.69 Å². The second-order valence-corrected chi connectivity index (χ2v) is 7.45. The average Bonchev–Trinajstić information content (AvgIpc) is 3.19. The molecule has 2 heterocycles. The molecule has 0 saturated heterocycles. The van der Waals surface area contributed by atoms with E-state index in [0.29, 0.717) is 17.7 Å². The monoisotopic (exact) mass is 384 g/mol. The first-order valence-corrected chi connectivity index (χ1v) is 9.86. The predicted octanol–water partition coefficient (Wildman–Crippen LogP) is 3.43. The molecule has 1 N–H and O–H groups in total. The van der Waals surface area contributed by atoms with Crippen molar-refractivity contribution in [3.8, 4) is 6.07 Å². The Labute approximate surface area is 171 Å². The standard InChI is InChI=1S/C24H24N4O/c1-27-13-4-7-22(27)23(28-14-12-19-5-2-3-6-21(19)17-28)16-26-24(29)20-10-8-18(15-25)9-11-20/h2-11,13,23H,12,14,16-17H2,1H3,(H,26,29). The van der Waals surface area contributed by atoms with Gasteiger partial charge in [-0.1, -0.05) is 24.3 Å². The number of carbonyl (C=O) groups is 1. The molecule has 3 aromatic rings. The minimum Gasteiger partial charge on any atom is -0.353 e. The summed E-state index contributed by atoms with van der Waals surface area (Å²) < 4.78 is 2.12. The van der Waals surface area contributed by atoms with Crippen LogP contribution in [0, 0.1) is 11.3 Å². The molecule has 1 aliphatic rings. The lowest BCUT2D eigenvalue weighted by Gasteiger charge is -2.36. The lowest BCUT2D eigenvalue weighted by atomic mass is 9.97. The molecule has 0 radical (unpaired) electrons. The van der Waals surface area contributed by atoms with Crippen LogP contribution in [-0.2, 0) is 20.0 Å². The Kier molecular flexibility index (Phi) is 5.46. The zero-order valence-corrected chi connectivity index (χ0v) is 16.5. The van der Waals surface area contributed by atoms with Crippen molar-refractivity contribution in [1.82, 2.24) is 14.8 Å². The summed E-state index contributed by atoms with van der Waals surface area (Å²) in [5.41, 5.74) is 5.07. The molecule has 2 aromatic carbocycles. The number of nitrogens with zero attached hydrogens (tertiary/aromatic N) is 3. The second kappa shape index (κ2) is 8.34. The number of fused-ring (bicyclic) bond motifs is 1. The fourth-order valence-corrected chi connectivity index (χ4v) is 4.01. The molecule has 5 nitrogen and oxygen atoms in total. The van der Waals surface area contributed by atoms with Gasteiger partial charge in [0.05, 0.1) is 17.7 Å². The molecule has 1 aliphatic heterocycles. The van der Waals surface area contributed by atoms with Gasteiger partial charge in [-0.25, -0.2) is 0 Å². The lowest BCUT2D eigenvalue weighted by Crippen LogP contribution is -2.41. The van der Waals surface area contributed by atoms with E-state index in [2.05, 4.69) is 51.2 Å². The van der Waals surface area contributed by atoms with E-state index in [1.807, 2.05) is 19.3 Å². The fourth-order valence-electron chi connectivity index (χ4n) is 4.01. The summed E-state index contributed by atoms with van der Waals surface area (Å²) in [5.74, 6) is -0.119. The van der Waals surface area contributed by atoms with Crippen LogP contribution in [-0.4, -0.2) is 28.5 Å². The van der Waals surface area contributed by atoms with Crippen molar-refractivity contribution < 1.29 is 4.79 Å². The van der Waals surface area contributed by atoms with E-state index in [4.69, 9.17) is 5.26 Å². The molecule has 146 valence electrons. The number of aromatic nitrogens is 1. The molecule has 1 unspecified atom stereocenters. The van der Waals surface area contributed by atoms with Crippen LogP contribution in [0.5, 0.6) is 0 Å². The van der Waals surface area contributed by atoms with Crippen LogP contribution in [0.15, 0.2) is 66.9 Å². The van der Waals surface area contributed by atoms with Gasteiger partial charge in [-0.15, -0.1) is 0 Å². The number of rotatable bonds is 5. The van der Waals surface area contributed by atoms with Gasteiger partial charge in [0.25, 0.3) is 5.91 Å². The number of benzene rings is 2. The van der Waals surface area contributed by atoms with Crippen molar-refractivity contribution in [2.24, 2.45) is 7.05 Å². The summed E-state index contributed by atoms with van der Waals surface area (Å²) in [6.07, 6.45) is 3.06. The number of aryl methyl sites for hydroxylation is 1. The molecule has 0 bridgehead atoms. The van der Waals surface area contributed by atoms with E-state index in [1.54, 1.807) is 24.3 Å². The molecular weight excluding hydrogens is 360 g/mol. The SMILES string of the molecule is Cn1cccc1C(CNC(=O)c1ccc(C#N)cc1)N1CCc2ccccc2C1. The van der Waals surface area contributed by atoms with Crippen LogP contribution < -0.4 is 5.32 Å². The largest absolute Gasteiger partial charge is 0.353 e. The van der Waals surface area contributed by atoms with E-state index < -0.39 is 0 Å². The van der Waals surface area contributed by atoms with Crippen LogP contribution in [0.2, 0.25) is 0 Å². The molecule has 1 aromatic heterocycles. The van der Waals surface area contributed by atoms with Crippen molar-refractivity contribution in [1.29, 1.82) is 5.26 Å². The molecule has 0 spiro atoms. The molecule has 5 heteroatoms. The van der Waals surface area contributed by atoms with Gasteiger partial charge in [0, 0.05) is 44.1 Å². The van der Waals surface area contributed by atoms with E-state index in [-0.39, 0.29) is 11.9 Å². The number of nitrogens with one attached hydrogen (secondary N) is 1. The highest BCUT2D eigenvalue weighted by molar-refractivity contribution is 5.94. The third-order valence-corrected chi connectivity index (χ3v) is 5.66. The van der Waals surface area contributed by atoms with Crippen molar-refractivity contribution in [2.75, 3.05) is 13.1 Å². The Balaban J connectivity index is 1.52. The van der Waals surface area contributed by atoms with Crippen molar-refractivity contribution in [3.63, 3.8) is 0 Å². The van der Waals surface area contributed by atoms with Gasteiger partial charge < -0.3 is 9.88 Å². The molecule has 29 heavy (non-hydrogen) atoms. The lowest BCUT2D eigenvalue weighted by molar-refractivity contribution is 0.0925. The van der Waals surface area contributed by atoms with E-state index >= 15 is 0 Å². The second-order valence-electron chi connectivity index (χ2n) is 7.45. The molecule has 1 atom stereocenters. The quantitative estimate of drug-likeness (QED) is 0.733. The maximum Gasteiger partial charge on any atom is 0.251 e. The Morgan fingerprint density at radius 3 is 2.55 bits per heavy atom. The Bertz CT molecular complexity index is 1050. The maximum absolute atomic E-state index is 12.7. The van der Waals surface area contributed by atoms with Gasteiger partial charge in [0.15, 0.2) is 0 Å². The maximum atomic E-state index is 12.7. The highest BCUT2D eigenvalue weighted by Crippen LogP contribution is 2.27. The zero-order valence-electron chi connectivity index (χ0n) is 16.5. The van der Waals surface area contributed by atoms with Crippen molar-refractivity contribution in [3.05, 3.63) is 94.8 Å². The summed E-state index contributed by atoms with van der Waals surface area (Å²) in [7, 11) is 2.04. The summed E-state index contributed by atoms with van der Waals surface area (Å²) in [5, 5.41) is 12.0. The minimum atomic E-state index is -0.119. The van der Waals surface area contributed by atoms with Crippen LogP contribution in [0.1, 0.15) is 38.8 Å². The molecule has 1 amide bonds. The Morgan fingerprint density at radius 2 is 1.86 bits per heavy atom. The van der Waals surface area contributed by atoms with Gasteiger partial charge >= 0.3 is 0 Å². The first kappa shape index (κ1) is 19.0. The van der Waals surface area contributed by atoms with E-state index in [1.165, 1.54) is 16.8 Å². The molecule has 4 rings (SSSR count). The van der Waals surface area contributed by atoms with Gasteiger partial charge in [-0.05, 0) is 53.9 Å². The summed E-state index contributed by atoms with van der Waals surface area (Å²) in [4.78, 5) is 15.1. The van der Waals surface area contributed by atoms with Gasteiger partial charge in [-0.2, -0.15) is 5.26 Å². The van der Waals surface area contributed by atoms with E-state index in [0.717, 1.165) is 19.5 Å². The molecular formula is C24H24N4O. The normalized spacial score (nSPS) is 14.6. The Morgan fingerprint density at radius 1 is 1.10 bits per heavy atom. The number of hydrogen-bond donors (Lipinski definition) is 1. The zero-order chi connectivity index (χ0) is 20.2. The highest BCUT2D eigenvalue weighted by Gasteiger charge is 2.26. The smallest absolute Gasteiger partial charge is 0.251 e. The first-order chi connectivity index (χ1) is 14.2. The number of amides is 1. The minimum absolute atomic E-state index is 0.0886. The predicted molar refractivity (Wildman–Crippen MR) is 112 cm³/mol. The van der Waals surface area contributed by atoms with Gasteiger partial charge in [0.2, 0.25) is 0 Å². The van der Waals surface area contributed by atoms with Crippen LogP contribution in [0.4, 0.5) is 0 Å². The number of nitriles is 1. The summed E-state index contributed by atoms with van der Waals surface area (Å²) >= 11 is 0. The molecule has 0 fully saturated rings. The summed E-state index contributed by atoms with van der Waals surface area (Å²) in [6.45, 7) is 2.36.